The number of nitrogens with one attached hydrogen (secondary N) is 2. The highest BCUT2D eigenvalue weighted by atomic mass is 16.1. The number of pyridine rings is 1. The zero-order valence-corrected chi connectivity index (χ0v) is 15.3. The van der Waals surface area contributed by atoms with Crippen LogP contribution in [0.2, 0.25) is 0 Å². The van der Waals surface area contributed by atoms with Gasteiger partial charge < -0.3 is 10.6 Å². The highest BCUT2D eigenvalue weighted by molar-refractivity contribution is 6.04. The van der Waals surface area contributed by atoms with Crippen LogP contribution in [0.4, 0.5) is 17.1 Å². The van der Waals surface area contributed by atoms with E-state index in [4.69, 9.17) is 0 Å². The van der Waals surface area contributed by atoms with Gasteiger partial charge in [-0.2, -0.15) is 0 Å². The minimum Gasteiger partial charge on any atom is -0.354 e. The van der Waals surface area contributed by atoms with Gasteiger partial charge in [0, 0.05) is 17.6 Å². The molecule has 0 unspecified atom stereocenters. The van der Waals surface area contributed by atoms with E-state index in [1.165, 1.54) is 11.1 Å². The van der Waals surface area contributed by atoms with Crippen molar-refractivity contribution >= 4 is 23.0 Å². The van der Waals surface area contributed by atoms with Crippen molar-refractivity contribution in [3.8, 4) is 0 Å². The van der Waals surface area contributed by atoms with Crippen LogP contribution in [0, 0.1) is 13.8 Å². The van der Waals surface area contributed by atoms with E-state index in [1.807, 2.05) is 37.3 Å². The van der Waals surface area contributed by atoms with Gasteiger partial charge in [-0.05, 0) is 55.2 Å². The summed E-state index contributed by atoms with van der Waals surface area (Å²) >= 11 is 0. The lowest BCUT2D eigenvalue weighted by atomic mass is 10.1. The van der Waals surface area contributed by atoms with Crippen molar-refractivity contribution in [2.24, 2.45) is 0 Å². The minimum atomic E-state index is -0.174. The second-order valence-electron chi connectivity index (χ2n) is 6.37. The second-order valence-corrected chi connectivity index (χ2v) is 6.37. The molecule has 3 rings (SSSR count). The average molecular weight is 345 g/mol. The number of aryl methyl sites for hydroxylation is 3. The number of para-hydroxylation sites is 1. The molecule has 0 bridgehead atoms. The number of aromatic nitrogens is 1. The summed E-state index contributed by atoms with van der Waals surface area (Å²) in [6.45, 7) is 6.20. The fourth-order valence-electron chi connectivity index (χ4n) is 2.90. The Morgan fingerprint density at radius 2 is 1.81 bits per heavy atom. The zero-order valence-electron chi connectivity index (χ0n) is 15.3. The van der Waals surface area contributed by atoms with Gasteiger partial charge in [-0.25, -0.2) is 0 Å². The topological polar surface area (TPSA) is 54.0 Å². The van der Waals surface area contributed by atoms with Crippen molar-refractivity contribution in [2.75, 3.05) is 10.6 Å². The van der Waals surface area contributed by atoms with Crippen LogP contribution >= 0.6 is 0 Å². The summed E-state index contributed by atoms with van der Waals surface area (Å²) in [5.41, 5.74) is 6.67. The quantitative estimate of drug-likeness (QED) is 0.663. The third kappa shape index (κ3) is 4.09. The highest BCUT2D eigenvalue weighted by Crippen LogP contribution is 2.25. The van der Waals surface area contributed by atoms with Gasteiger partial charge >= 0.3 is 0 Å². The van der Waals surface area contributed by atoms with E-state index in [0.29, 0.717) is 5.56 Å². The van der Waals surface area contributed by atoms with Crippen LogP contribution in [-0.2, 0) is 6.42 Å². The Balaban J connectivity index is 1.81. The molecule has 0 saturated heterocycles. The standard InChI is InChI=1S/C22H23N3O/c1-4-17-9-6-8-16(3)21(17)24-20-12-18(13-23-14-20)22(26)25-19-10-5-7-15(2)11-19/h5-14,24H,4H2,1-3H3,(H,25,26). The van der Waals surface area contributed by atoms with Crippen molar-refractivity contribution in [1.82, 2.24) is 4.98 Å². The van der Waals surface area contributed by atoms with Crippen LogP contribution in [0.5, 0.6) is 0 Å². The molecular formula is C22H23N3O. The summed E-state index contributed by atoms with van der Waals surface area (Å²) in [4.78, 5) is 16.8. The fraction of sp³-hybridized carbons (Fsp3) is 0.182. The molecule has 1 amide bonds. The van der Waals surface area contributed by atoms with Crippen LogP contribution in [0.3, 0.4) is 0 Å². The maximum absolute atomic E-state index is 12.5. The number of anilines is 3. The first-order chi connectivity index (χ1) is 12.6. The Morgan fingerprint density at radius 1 is 1.00 bits per heavy atom. The summed E-state index contributed by atoms with van der Waals surface area (Å²) < 4.78 is 0. The molecule has 1 aromatic heterocycles. The number of hydrogen-bond donors (Lipinski definition) is 2. The molecule has 0 saturated carbocycles. The van der Waals surface area contributed by atoms with E-state index in [1.54, 1.807) is 12.4 Å². The average Bonchev–Trinajstić information content (AvgIpc) is 2.63. The number of nitrogens with zero attached hydrogens (tertiary/aromatic N) is 1. The molecule has 2 aromatic carbocycles. The van der Waals surface area contributed by atoms with Gasteiger partial charge in [-0.1, -0.05) is 37.3 Å². The van der Waals surface area contributed by atoms with E-state index in [0.717, 1.165) is 29.0 Å². The third-order valence-electron chi connectivity index (χ3n) is 4.29. The Morgan fingerprint density at radius 3 is 2.58 bits per heavy atom. The zero-order chi connectivity index (χ0) is 18.5. The second kappa shape index (κ2) is 7.83. The predicted molar refractivity (Wildman–Crippen MR) is 107 cm³/mol. The van der Waals surface area contributed by atoms with Crippen LogP contribution < -0.4 is 10.6 Å². The molecule has 0 aliphatic carbocycles. The number of hydrogen-bond acceptors (Lipinski definition) is 3. The molecule has 4 nitrogen and oxygen atoms in total. The molecule has 0 aliphatic rings. The molecule has 0 fully saturated rings. The molecule has 0 radical (unpaired) electrons. The first-order valence-corrected chi connectivity index (χ1v) is 8.75. The van der Waals surface area contributed by atoms with E-state index in [-0.39, 0.29) is 5.91 Å². The van der Waals surface area contributed by atoms with E-state index in [9.17, 15) is 4.79 Å². The summed E-state index contributed by atoms with van der Waals surface area (Å²) in [7, 11) is 0. The molecule has 0 atom stereocenters. The molecule has 3 aromatic rings. The smallest absolute Gasteiger partial charge is 0.257 e. The Kier molecular flexibility index (Phi) is 5.32. The van der Waals surface area contributed by atoms with Gasteiger partial charge in [0.25, 0.3) is 5.91 Å². The maximum atomic E-state index is 12.5. The first kappa shape index (κ1) is 17.7. The predicted octanol–water partition coefficient (Wildman–Crippen LogP) is 5.26. The number of benzene rings is 2. The lowest BCUT2D eigenvalue weighted by Crippen LogP contribution is -2.12. The summed E-state index contributed by atoms with van der Waals surface area (Å²) in [6, 6.07) is 15.8. The SMILES string of the molecule is CCc1cccc(C)c1Nc1cncc(C(=O)Nc2cccc(C)c2)c1. The molecule has 1 heterocycles. The van der Waals surface area contributed by atoms with Crippen molar-refractivity contribution in [3.63, 3.8) is 0 Å². The number of rotatable bonds is 5. The van der Waals surface area contributed by atoms with Gasteiger partial charge in [0.05, 0.1) is 17.4 Å². The summed E-state index contributed by atoms with van der Waals surface area (Å²) in [6.07, 6.45) is 4.25. The van der Waals surface area contributed by atoms with Crippen LogP contribution in [0.25, 0.3) is 0 Å². The molecule has 2 N–H and O–H groups in total. The first-order valence-electron chi connectivity index (χ1n) is 8.75. The number of amides is 1. The summed E-state index contributed by atoms with van der Waals surface area (Å²) in [5, 5.41) is 6.33. The van der Waals surface area contributed by atoms with Gasteiger partial charge in [0.2, 0.25) is 0 Å². The monoisotopic (exact) mass is 345 g/mol. The normalized spacial score (nSPS) is 10.4. The van der Waals surface area contributed by atoms with Gasteiger partial charge in [0.15, 0.2) is 0 Å². The Labute approximate surface area is 154 Å². The van der Waals surface area contributed by atoms with Crippen molar-refractivity contribution < 1.29 is 4.79 Å². The largest absolute Gasteiger partial charge is 0.354 e. The lowest BCUT2D eigenvalue weighted by Gasteiger charge is -2.14. The molecular weight excluding hydrogens is 322 g/mol. The molecule has 0 aliphatic heterocycles. The van der Waals surface area contributed by atoms with E-state index >= 15 is 0 Å². The highest BCUT2D eigenvalue weighted by Gasteiger charge is 2.10. The van der Waals surface area contributed by atoms with Crippen LogP contribution in [0.1, 0.15) is 34.0 Å². The maximum Gasteiger partial charge on any atom is 0.257 e. The number of carbonyl (C=O) groups is 1. The van der Waals surface area contributed by atoms with E-state index < -0.39 is 0 Å². The van der Waals surface area contributed by atoms with Crippen molar-refractivity contribution in [1.29, 1.82) is 0 Å². The molecule has 132 valence electrons. The van der Waals surface area contributed by atoms with Crippen LogP contribution in [-0.4, -0.2) is 10.9 Å². The van der Waals surface area contributed by atoms with E-state index in [2.05, 4.69) is 47.7 Å². The molecule has 26 heavy (non-hydrogen) atoms. The van der Waals surface area contributed by atoms with Crippen molar-refractivity contribution in [3.05, 3.63) is 83.2 Å². The van der Waals surface area contributed by atoms with Crippen molar-refractivity contribution in [2.45, 2.75) is 27.2 Å². The Bertz CT molecular complexity index is 934. The summed E-state index contributed by atoms with van der Waals surface area (Å²) in [5.74, 6) is -0.174. The van der Waals surface area contributed by atoms with Gasteiger partial charge in [-0.3, -0.25) is 9.78 Å². The van der Waals surface area contributed by atoms with Gasteiger partial charge in [-0.15, -0.1) is 0 Å². The lowest BCUT2D eigenvalue weighted by molar-refractivity contribution is 0.102. The van der Waals surface area contributed by atoms with Crippen LogP contribution in [0.15, 0.2) is 60.9 Å². The minimum absolute atomic E-state index is 0.174. The Hall–Kier alpha value is -3.14. The molecule has 0 spiro atoms. The third-order valence-corrected chi connectivity index (χ3v) is 4.29. The molecule has 4 heteroatoms. The fourth-order valence-corrected chi connectivity index (χ4v) is 2.90. The number of carbonyl (C=O) groups excluding carboxylic acids is 1. The van der Waals surface area contributed by atoms with Gasteiger partial charge in [0.1, 0.15) is 0 Å².